The van der Waals surface area contributed by atoms with Crippen LogP contribution in [0.15, 0.2) is 48.7 Å². The molecule has 0 fully saturated rings. The van der Waals surface area contributed by atoms with Gasteiger partial charge >= 0.3 is 0 Å². The Bertz CT molecular complexity index is 743. The second kappa shape index (κ2) is 4.80. The van der Waals surface area contributed by atoms with Crippen molar-refractivity contribution in [2.24, 2.45) is 0 Å². The van der Waals surface area contributed by atoms with Crippen molar-refractivity contribution in [1.82, 2.24) is 4.98 Å². The van der Waals surface area contributed by atoms with Gasteiger partial charge in [-0.05, 0) is 29.8 Å². The van der Waals surface area contributed by atoms with E-state index in [1.807, 2.05) is 30.3 Å². The van der Waals surface area contributed by atoms with Gasteiger partial charge in [0.15, 0.2) is 0 Å². The monoisotopic (exact) mass is 291 g/mol. The number of pyridine rings is 1. The maximum Gasteiger partial charge on any atom is 0.126 e. The number of hydrogen-bond acceptors (Lipinski definition) is 1. The fourth-order valence-corrected chi connectivity index (χ4v) is 2.78. The second-order valence-electron chi connectivity index (χ2n) is 4.12. The van der Waals surface area contributed by atoms with Crippen molar-refractivity contribution < 1.29 is 4.39 Å². The van der Waals surface area contributed by atoms with Gasteiger partial charge in [0.2, 0.25) is 0 Å². The number of nitrogens with zero attached hydrogens (tertiary/aromatic N) is 1. The third-order valence-electron chi connectivity index (χ3n) is 2.93. The summed E-state index contributed by atoms with van der Waals surface area (Å²) in [6.07, 6.45) is 1.69. The van der Waals surface area contributed by atoms with Crippen molar-refractivity contribution in [1.29, 1.82) is 0 Å². The molecule has 1 heterocycles. The van der Waals surface area contributed by atoms with E-state index >= 15 is 0 Å². The van der Waals surface area contributed by atoms with Gasteiger partial charge in [0.25, 0.3) is 0 Å². The molecule has 0 atom stereocenters. The molecule has 0 radical (unpaired) electrons. The molecule has 94 valence electrons. The van der Waals surface area contributed by atoms with E-state index in [0.29, 0.717) is 15.6 Å². The van der Waals surface area contributed by atoms with Gasteiger partial charge in [0, 0.05) is 17.1 Å². The summed E-state index contributed by atoms with van der Waals surface area (Å²) >= 11 is 12.2. The lowest BCUT2D eigenvalue weighted by Gasteiger charge is -2.10. The molecule has 4 heteroatoms. The Kier molecular flexibility index (Phi) is 3.13. The predicted octanol–water partition coefficient (Wildman–Crippen LogP) is 5.35. The van der Waals surface area contributed by atoms with Crippen LogP contribution in [0.25, 0.3) is 22.0 Å². The Morgan fingerprint density at radius 1 is 0.947 bits per heavy atom. The van der Waals surface area contributed by atoms with Crippen LogP contribution < -0.4 is 0 Å². The Balaban J connectivity index is 2.37. The molecule has 3 aromatic rings. The van der Waals surface area contributed by atoms with Crippen LogP contribution in [0.4, 0.5) is 4.39 Å². The van der Waals surface area contributed by atoms with E-state index in [1.165, 1.54) is 12.1 Å². The summed E-state index contributed by atoms with van der Waals surface area (Å²) < 4.78 is 13.3. The molecule has 3 rings (SSSR count). The van der Waals surface area contributed by atoms with Crippen LogP contribution in [0.5, 0.6) is 0 Å². The molecule has 0 saturated carbocycles. The van der Waals surface area contributed by atoms with Crippen LogP contribution in [-0.2, 0) is 0 Å². The molecular weight excluding hydrogens is 284 g/mol. The van der Waals surface area contributed by atoms with Gasteiger partial charge in [-0.3, -0.25) is 4.98 Å². The molecule has 0 spiro atoms. The summed E-state index contributed by atoms with van der Waals surface area (Å²) in [5.41, 5.74) is 2.32. The zero-order chi connectivity index (χ0) is 13.4. The number of aromatic nitrogens is 1. The summed E-state index contributed by atoms with van der Waals surface area (Å²) in [5, 5.41) is 1.52. The third-order valence-corrected chi connectivity index (χ3v) is 3.52. The first kappa shape index (κ1) is 12.4. The summed E-state index contributed by atoms with van der Waals surface area (Å²) in [4.78, 5) is 4.28. The molecule has 1 nitrogen and oxygen atoms in total. The molecule has 0 saturated heterocycles. The molecule has 0 unspecified atom stereocenters. The number of para-hydroxylation sites is 1. The molecule has 0 bridgehead atoms. The minimum atomic E-state index is -0.447. The first-order valence-electron chi connectivity index (χ1n) is 5.65. The second-order valence-corrected chi connectivity index (χ2v) is 4.93. The first-order valence-corrected chi connectivity index (χ1v) is 6.41. The molecule has 0 N–H and O–H groups in total. The highest BCUT2D eigenvalue weighted by Crippen LogP contribution is 2.38. The largest absolute Gasteiger partial charge is 0.256 e. The average Bonchev–Trinajstić information content (AvgIpc) is 2.38. The van der Waals surface area contributed by atoms with E-state index in [-0.39, 0.29) is 0 Å². The summed E-state index contributed by atoms with van der Waals surface area (Å²) in [7, 11) is 0. The van der Waals surface area contributed by atoms with Crippen LogP contribution >= 0.6 is 23.2 Å². The molecule has 2 aromatic carbocycles. The van der Waals surface area contributed by atoms with Crippen LogP contribution in [0.1, 0.15) is 0 Å². The van der Waals surface area contributed by atoms with E-state index < -0.39 is 5.82 Å². The lowest BCUT2D eigenvalue weighted by Crippen LogP contribution is -1.88. The minimum Gasteiger partial charge on any atom is -0.256 e. The van der Waals surface area contributed by atoms with E-state index in [2.05, 4.69) is 4.98 Å². The SMILES string of the molecule is Fc1cc(Cl)c(-c2ccnc3ccccc23)c(Cl)c1. The molecule has 1 aromatic heterocycles. The number of hydrogen-bond donors (Lipinski definition) is 0. The molecule has 0 amide bonds. The molecule has 0 aliphatic heterocycles. The zero-order valence-corrected chi connectivity index (χ0v) is 11.2. The zero-order valence-electron chi connectivity index (χ0n) is 9.70. The van der Waals surface area contributed by atoms with Crippen molar-refractivity contribution in [3.05, 3.63) is 64.5 Å². The summed E-state index contributed by atoms with van der Waals surface area (Å²) in [5.74, 6) is -0.447. The maximum atomic E-state index is 13.3. The van der Waals surface area contributed by atoms with Gasteiger partial charge in [0.1, 0.15) is 5.82 Å². The number of rotatable bonds is 1. The lowest BCUT2D eigenvalue weighted by molar-refractivity contribution is 0.628. The highest BCUT2D eigenvalue weighted by molar-refractivity contribution is 6.39. The van der Waals surface area contributed by atoms with Crippen molar-refractivity contribution >= 4 is 34.1 Å². The average molecular weight is 292 g/mol. The van der Waals surface area contributed by atoms with Gasteiger partial charge in [-0.25, -0.2) is 4.39 Å². The Morgan fingerprint density at radius 2 is 1.63 bits per heavy atom. The van der Waals surface area contributed by atoms with Crippen molar-refractivity contribution in [2.45, 2.75) is 0 Å². The molecule has 0 aliphatic carbocycles. The topological polar surface area (TPSA) is 12.9 Å². The fraction of sp³-hybridized carbons (Fsp3) is 0. The van der Waals surface area contributed by atoms with Crippen molar-refractivity contribution in [2.75, 3.05) is 0 Å². The maximum absolute atomic E-state index is 13.3. The van der Waals surface area contributed by atoms with E-state index in [9.17, 15) is 4.39 Å². The van der Waals surface area contributed by atoms with Gasteiger partial charge in [-0.1, -0.05) is 41.4 Å². The number of fused-ring (bicyclic) bond motifs is 1. The third kappa shape index (κ3) is 2.18. The van der Waals surface area contributed by atoms with Crippen LogP contribution in [0.2, 0.25) is 10.0 Å². The van der Waals surface area contributed by atoms with Gasteiger partial charge in [-0.2, -0.15) is 0 Å². The standard InChI is InChI=1S/C15H8Cl2FN/c16-12-7-9(18)8-13(17)15(12)11-5-6-19-14-4-2-1-3-10(11)14/h1-8H. The van der Waals surface area contributed by atoms with E-state index in [1.54, 1.807) is 6.20 Å². The Hall–Kier alpha value is -1.64. The lowest BCUT2D eigenvalue weighted by atomic mass is 10.0. The molecule has 0 aliphatic rings. The van der Waals surface area contributed by atoms with Crippen LogP contribution in [0.3, 0.4) is 0 Å². The van der Waals surface area contributed by atoms with Gasteiger partial charge in [0.05, 0.1) is 15.6 Å². The number of benzene rings is 2. The quantitative estimate of drug-likeness (QED) is 0.589. The molecular formula is C15H8Cl2FN. The molecule has 19 heavy (non-hydrogen) atoms. The highest BCUT2D eigenvalue weighted by atomic mass is 35.5. The fourth-order valence-electron chi connectivity index (χ4n) is 2.11. The first-order chi connectivity index (χ1) is 9.16. The Morgan fingerprint density at radius 3 is 2.37 bits per heavy atom. The number of halogens is 3. The van der Waals surface area contributed by atoms with Crippen molar-refractivity contribution in [3.63, 3.8) is 0 Å². The smallest absolute Gasteiger partial charge is 0.126 e. The summed E-state index contributed by atoms with van der Waals surface area (Å²) in [6.45, 7) is 0. The normalized spacial score (nSPS) is 10.9. The van der Waals surface area contributed by atoms with Crippen LogP contribution in [-0.4, -0.2) is 4.98 Å². The van der Waals surface area contributed by atoms with Gasteiger partial charge < -0.3 is 0 Å². The summed E-state index contributed by atoms with van der Waals surface area (Å²) in [6, 6.07) is 12.0. The van der Waals surface area contributed by atoms with Gasteiger partial charge in [-0.15, -0.1) is 0 Å². The minimum absolute atomic E-state index is 0.293. The van der Waals surface area contributed by atoms with Crippen LogP contribution in [0, 0.1) is 5.82 Å². The predicted molar refractivity (Wildman–Crippen MR) is 77.2 cm³/mol. The van der Waals surface area contributed by atoms with E-state index in [4.69, 9.17) is 23.2 Å². The van der Waals surface area contributed by atoms with E-state index in [0.717, 1.165) is 16.5 Å². The van der Waals surface area contributed by atoms with Crippen molar-refractivity contribution in [3.8, 4) is 11.1 Å². The highest BCUT2D eigenvalue weighted by Gasteiger charge is 2.13. The Labute approximate surface area is 119 Å².